The Kier molecular flexibility index (Phi) is 9.15. The molecule has 0 atom stereocenters. The van der Waals surface area contributed by atoms with Crippen LogP contribution in [0.4, 0.5) is 14.5 Å². The molecule has 4 rings (SSSR count). The quantitative estimate of drug-likeness (QED) is 0.248. The van der Waals surface area contributed by atoms with Crippen molar-refractivity contribution in [2.24, 2.45) is 15.9 Å². The van der Waals surface area contributed by atoms with E-state index in [9.17, 15) is 18.4 Å². The highest BCUT2D eigenvalue weighted by Crippen LogP contribution is 2.18. The minimum atomic E-state index is -1.06. The molecule has 1 aliphatic heterocycles. The number of H-pyrrole nitrogens is 1. The molecule has 0 bridgehead atoms. The summed E-state index contributed by atoms with van der Waals surface area (Å²) in [5.41, 5.74) is 0.790. The van der Waals surface area contributed by atoms with Gasteiger partial charge in [0.15, 0.2) is 11.6 Å². The monoisotopic (exact) mass is 537 g/mol. The van der Waals surface area contributed by atoms with Crippen molar-refractivity contribution in [2.45, 2.75) is 13.8 Å². The number of likely N-dealkylation sites (N-methyl/N-ethyl adjacent to an activating group) is 1. The Balaban J connectivity index is 1.38. The van der Waals surface area contributed by atoms with Gasteiger partial charge in [-0.05, 0) is 49.5 Å². The zero-order valence-electron chi connectivity index (χ0n) is 22.2. The smallest absolute Gasteiger partial charge is 0.258 e. The lowest BCUT2D eigenvalue weighted by Gasteiger charge is -2.35. The highest BCUT2D eigenvalue weighted by atomic mass is 19.2. The van der Waals surface area contributed by atoms with Gasteiger partial charge in [0, 0.05) is 56.3 Å². The molecule has 0 unspecified atom stereocenters. The lowest BCUT2D eigenvalue weighted by Crippen LogP contribution is -2.50. The third-order valence-electron chi connectivity index (χ3n) is 7.04. The number of aromatic nitrogens is 1. The number of piperazine rings is 1. The summed E-state index contributed by atoms with van der Waals surface area (Å²) in [6, 6.07) is 10.1. The molecular formula is C28H33F2N7O2. The Morgan fingerprint density at radius 3 is 2.36 bits per heavy atom. The van der Waals surface area contributed by atoms with Gasteiger partial charge in [-0.1, -0.05) is 13.8 Å². The van der Waals surface area contributed by atoms with Gasteiger partial charge in [-0.15, -0.1) is 0 Å². The summed E-state index contributed by atoms with van der Waals surface area (Å²) < 4.78 is 27.2. The number of benzene rings is 2. The molecule has 0 aliphatic carbocycles. The van der Waals surface area contributed by atoms with Crippen molar-refractivity contribution in [3.63, 3.8) is 0 Å². The first kappa shape index (κ1) is 28.1. The van der Waals surface area contributed by atoms with E-state index in [-0.39, 0.29) is 28.1 Å². The number of hydrogen-bond acceptors (Lipinski definition) is 7. The molecule has 1 saturated heterocycles. The average molecular weight is 538 g/mol. The minimum absolute atomic E-state index is 0.0236. The van der Waals surface area contributed by atoms with Gasteiger partial charge in [0.25, 0.3) is 11.5 Å². The van der Waals surface area contributed by atoms with Crippen molar-refractivity contribution in [1.29, 1.82) is 0 Å². The van der Waals surface area contributed by atoms with Crippen LogP contribution in [-0.4, -0.2) is 89.9 Å². The first-order chi connectivity index (χ1) is 18.8. The van der Waals surface area contributed by atoms with E-state index in [2.05, 4.69) is 38.7 Å². The van der Waals surface area contributed by atoms with Crippen LogP contribution in [0.2, 0.25) is 0 Å². The summed E-state index contributed by atoms with van der Waals surface area (Å²) in [7, 11) is 0. The molecule has 206 valence electrons. The molecule has 0 radical (unpaired) electrons. The largest absolute Gasteiger partial charge is 0.336 e. The summed E-state index contributed by atoms with van der Waals surface area (Å²) >= 11 is 0. The summed E-state index contributed by atoms with van der Waals surface area (Å²) in [6.45, 7) is 11.5. The second kappa shape index (κ2) is 12.7. The van der Waals surface area contributed by atoms with Gasteiger partial charge in [0.1, 0.15) is 5.71 Å². The van der Waals surface area contributed by atoms with E-state index in [0.717, 1.165) is 51.4 Å². The predicted octanol–water partition coefficient (Wildman–Crippen LogP) is 2.97. The number of fused-ring (bicyclic) bond motifs is 1. The number of nitrogens with zero attached hydrogens (tertiary/aromatic N) is 5. The fraction of sp³-hybridized carbons (Fsp3) is 0.357. The van der Waals surface area contributed by atoms with E-state index < -0.39 is 17.2 Å². The number of halogens is 2. The molecule has 11 heteroatoms. The first-order valence-electron chi connectivity index (χ1n) is 13.0. The van der Waals surface area contributed by atoms with Crippen molar-refractivity contribution >= 4 is 34.4 Å². The molecule has 3 aromatic rings. The number of aromatic amines is 1. The third kappa shape index (κ3) is 6.73. The lowest BCUT2D eigenvalue weighted by molar-refractivity contribution is 0.0625. The second-order valence-corrected chi connectivity index (χ2v) is 9.35. The van der Waals surface area contributed by atoms with Crippen LogP contribution in [0.5, 0.6) is 0 Å². The fourth-order valence-corrected chi connectivity index (χ4v) is 4.57. The van der Waals surface area contributed by atoms with Gasteiger partial charge in [-0.3, -0.25) is 19.5 Å². The molecule has 3 N–H and O–H groups in total. The zero-order chi connectivity index (χ0) is 27.9. The number of aliphatic imine (C=N–C) groups is 1. The Hall–Kier alpha value is -3.96. The second-order valence-electron chi connectivity index (χ2n) is 9.35. The molecule has 1 aromatic heterocycles. The van der Waals surface area contributed by atoms with Crippen LogP contribution in [0.3, 0.4) is 0 Å². The van der Waals surface area contributed by atoms with Crippen LogP contribution in [-0.2, 0) is 0 Å². The summed E-state index contributed by atoms with van der Waals surface area (Å²) in [6.07, 6.45) is 1.31. The van der Waals surface area contributed by atoms with Crippen molar-refractivity contribution < 1.29 is 13.6 Å². The number of hydrogen-bond donors (Lipinski definition) is 2. The molecular weight excluding hydrogens is 504 g/mol. The Morgan fingerprint density at radius 1 is 1.05 bits per heavy atom. The Labute approximate surface area is 225 Å². The molecule has 0 spiro atoms. The Bertz CT molecular complexity index is 1420. The molecule has 1 fully saturated rings. The van der Waals surface area contributed by atoms with Crippen LogP contribution in [0, 0.1) is 11.6 Å². The van der Waals surface area contributed by atoms with E-state index in [4.69, 9.17) is 5.84 Å². The SMILES string of the molecule is CCN(CC)CCN1CCN(C(=O)c2ccc(N=CC(=NN)c3cc4cc(F)c(F)cc4[nH]c3=O)cc2)CC1. The van der Waals surface area contributed by atoms with Crippen LogP contribution < -0.4 is 11.4 Å². The molecule has 9 nitrogen and oxygen atoms in total. The number of carbonyl (C=O) groups is 1. The molecule has 2 aromatic carbocycles. The molecule has 0 saturated carbocycles. The number of pyridine rings is 1. The topological polar surface area (TPSA) is 110 Å². The normalized spacial score (nSPS) is 15.1. The van der Waals surface area contributed by atoms with Crippen molar-refractivity contribution in [2.75, 3.05) is 52.4 Å². The molecule has 2 heterocycles. The van der Waals surface area contributed by atoms with E-state index >= 15 is 0 Å². The van der Waals surface area contributed by atoms with Gasteiger partial charge >= 0.3 is 0 Å². The van der Waals surface area contributed by atoms with Crippen LogP contribution in [0.1, 0.15) is 29.8 Å². The van der Waals surface area contributed by atoms with Crippen LogP contribution in [0.15, 0.2) is 57.4 Å². The van der Waals surface area contributed by atoms with Crippen molar-refractivity contribution in [3.05, 3.63) is 75.6 Å². The van der Waals surface area contributed by atoms with E-state index in [1.54, 1.807) is 24.3 Å². The summed E-state index contributed by atoms with van der Waals surface area (Å²) in [4.78, 5) is 39.0. The lowest BCUT2D eigenvalue weighted by atomic mass is 10.1. The average Bonchev–Trinajstić information content (AvgIpc) is 2.95. The van der Waals surface area contributed by atoms with Crippen LogP contribution >= 0.6 is 0 Å². The number of carbonyl (C=O) groups excluding carboxylic acids is 1. The maximum Gasteiger partial charge on any atom is 0.258 e. The summed E-state index contributed by atoms with van der Waals surface area (Å²) in [5.74, 6) is 3.38. The van der Waals surface area contributed by atoms with Gasteiger partial charge < -0.3 is 20.6 Å². The molecule has 39 heavy (non-hydrogen) atoms. The summed E-state index contributed by atoms with van der Waals surface area (Å²) in [5, 5.41) is 3.92. The van der Waals surface area contributed by atoms with Gasteiger partial charge in [-0.25, -0.2) is 8.78 Å². The Morgan fingerprint density at radius 2 is 1.72 bits per heavy atom. The van der Waals surface area contributed by atoms with Crippen molar-refractivity contribution in [3.8, 4) is 0 Å². The fourth-order valence-electron chi connectivity index (χ4n) is 4.57. The number of amides is 1. The first-order valence-corrected chi connectivity index (χ1v) is 13.0. The number of rotatable bonds is 9. The van der Waals surface area contributed by atoms with E-state index in [0.29, 0.717) is 24.3 Å². The van der Waals surface area contributed by atoms with Crippen LogP contribution in [0.25, 0.3) is 10.9 Å². The minimum Gasteiger partial charge on any atom is -0.336 e. The number of nitrogens with two attached hydrogens (primary N) is 1. The predicted molar refractivity (Wildman–Crippen MR) is 150 cm³/mol. The number of nitrogens with one attached hydrogen (secondary N) is 1. The van der Waals surface area contributed by atoms with Crippen molar-refractivity contribution in [1.82, 2.24) is 19.7 Å². The third-order valence-corrected chi connectivity index (χ3v) is 7.04. The van der Waals surface area contributed by atoms with Gasteiger partial charge in [-0.2, -0.15) is 5.10 Å². The highest BCUT2D eigenvalue weighted by Gasteiger charge is 2.22. The van der Waals surface area contributed by atoms with E-state index in [1.165, 1.54) is 12.3 Å². The molecule has 1 amide bonds. The van der Waals surface area contributed by atoms with Gasteiger partial charge in [0.2, 0.25) is 0 Å². The zero-order valence-corrected chi connectivity index (χ0v) is 22.2. The highest BCUT2D eigenvalue weighted by molar-refractivity contribution is 6.38. The maximum absolute atomic E-state index is 13.7. The maximum atomic E-state index is 13.7. The number of hydrazone groups is 1. The molecule has 1 aliphatic rings. The van der Waals surface area contributed by atoms with E-state index in [1.807, 2.05) is 4.90 Å². The van der Waals surface area contributed by atoms with Gasteiger partial charge in [0.05, 0.1) is 23.0 Å². The standard InChI is InChI=1S/C28H33F2N7O2/c1-3-35(4-2)9-10-36-11-13-37(14-12-36)28(39)19-5-7-21(8-6-19)32-18-26(34-31)22-15-20-16-23(29)24(30)17-25(20)33-27(22)38/h5-8,15-18H,3-4,9-14,31H2,1-2H3,(H,33,38).